The van der Waals surface area contributed by atoms with Crippen molar-refractivity contribution >= 4 is 0 Å². The molecule has 18 heavy (non-hydrogen) atoms. The quantitative estimate of drug-likeness (QED) is 0.830. The maximum Gasteiger partial charge on any atom is 0.00747 e. The number of piperidine rings is 1. The van der Waals surface area contributed by atoms with E-state index < -0.39 is 0 Å². The molecule has 0 aromatic rings. The van der Waals surface area contributed by atoms with Crippen LogP contribution in [0.15, 0.2) is 0 Å². The van der Waals surface area contributed by atoms with E-state index in [2.05, 4.69) is 38.0 Å². The Morgan fingerprint density at radius 1 is 1.00 bits per heavy atom. The highest BCUT2D eigenvalue weighted by molar-refractivity contribution is 4.85. The monoisotopic (exact) mass is 252 g/mol. The summed E-state index contributed by atoms with van der Waals surface area (Å²) in [6, 6.07) is 1.49. The van der Waals surface area contributed by atoms with Crippen LogP contribution in [0.5, 0.6) is 0 Å². The lowest BCUT2D eigenvalue weighted by atomic mass is 9.79. The highest BCUT2D eigenvalue weighted by Crippen LogP contribution is 2.30. The summed E-state index contributed by atoms with van der Waals surface area (Å²) < 4.78 is 0. The highest BCUT2D eigenvalue weighted by atomic mass is 15.1. The van der Waals surface area contributed by atoms with Crippen molar-refractivity contribution in [1.82, 2.24) is 10.2 Å². The van der Waals surface area contributed by atoms with Crippen molar-refractivity contribution < 1.29 is 0 Å². The van der Waals surface area contributed by atoms with Gasteiger partial charge in [-0.2, -0.15) is 0 Å². The summed E-state index contributed by atoms with van der Waals surface area (Å²) in [7, 11) is 2.25. The van der Waals surface area contributed by atoms with Gasteiger partial charge in [0.15, 0.2) is 0 Å². The van der Waals surface area contributed by atoms with Gasteiger partial charge in [0.25, 0.3) is 0 Å². The Kier molecular flexibility index (Phi) is 5.08. The number of nitrogens with zero attached hydrogens (tertiary/aromatic N) is 1. The third-order valence-electron chi connectivity index (χ3n) is 5.15. The van der Waals surface area contributed by atoms with Crippen LogP contribution in [-0.2, 0) is 0 Å². The van der Waals surface area contributed by atoms with Crippen LogP contribution in [0.1, 0.15) is 52.9 Å². The van der Waals surface area contributed by atoms with Crippen molar-refractivity contribution in [2.24, 2.45) is 17.8 Å². The van der Waals surface area contributed by atoms with E-state index >= 15 is 0 Å². The Bertz CT molecular complexity index is 235. The van der Waals surface area contributed by atoms with Crippen LogP contribution in [0.4, 0.5) is 0 Å². The second-order valence-electron chi connectivity index (χ2n) is 7.21. The van der Waals surface area contributed by atoms with Gasteiger partial charge in [-0.05, 0) is 76.9 Å². The van der Waals surface area contributed by atoms with Crippen LogP contribution < -0.4 is 5.32 Å². The Morgan fingerprint density at radius 2 is 1.56 bits per heavy atom. The minimum Gasteiger partial charge on any atom is -0.311 e. The van der Waals surface area contributed by atoms with Crippen LogP contribution in [0.2, 0.25) is 0 Å². The summed E-state index contributed by atoms with van der Waals surface area (Å²) in [4.78, 5) is 2.47. The largest absolute Gasteiger partial charge is 0.311 e. The molecule has 1 heterocycles. The molecule has 2 rings (SSSR count). The predicted molar refractivity (Wildman–Crippen MR) is 78.8 cm³/mol. The lowest BCUT2D eigenvalue weighted by molar-refractivity contribution is 0.163. The maximum absolute atomic E-state index is 3.95. The van der Waals surface area contributed by atoms with Crippen LogP contribution in [-0.4, -0.2) is 37.1 Å². The molecule has 0 bridgehead atoms. The molecule has 1 aliphatic carbocycles. The first-order chi connectivity index (χ1) is 8.54. The van der Waals surface area contributed by atoms with E-state index in [1.807, 2.05) is 0 Å². The van der Waals surface area contributed by atoms with Gasteiger partial charge >= 0.3 is 0 Å². The minimum atomic E-state index is 0.709. The van der Waals surface area contributed by atoms with Gasteiger partial charge in [-0.15, -0.1) is 0 Å². The van der Waals surface area contributed by atoms with E-state index in [-0.39, 0.29) is 0 Å². The lowest BCUT2D eigenvalue weighted by Crippen LogP contribution is -2.46. The zero-order valence-electron chi connectivity index (χ0n) is 12.8. The third-order valence-corrected chi connectivity index (χ3v) is 5.15. The summed E-state index contributed by atoms with van der Waals surface area (Å²) in [6.45, 7) is 9.83. The number of nitrogens with one attached hydrogen (secondary N) is 1. The van der Waals surface area contributed by atoms with Crippen LogP contribution >= 0.6 is 0 Å². The Balaban J connectivity index is 1.78. The average Bonchev–Trinajstić information content (AvgIpc) is 2.28. The zero-order chi connectivity index (χ0) is 13.1. The molecule has 0 spiro atoms. The summed E-state index contributed by atoms with van der Waals surface area (Å²) in [5.74, 6) is 2.72. The van der Waals surface area contributed by atoms with E-state index in [4.69, 9.17) is 0 Å². The van der Waals surface area contributed by atoms with Gasteiger partial charge in [0.2, 0.25) is 0 Å². The van der Waals surface area contributed by atoms with Gasteiger partial charge in [-0.25, -0.2) is 0 Å². The third kappa shape index (κ3) is 3.96. The van der Waals surface area contributed by atoms with E-state index in [9.17, 15) is 0 Å². The van der Waals surface area contributed by atoms with Gasteiger partial charge in [-0.3, -0.25) is 0 Å². The molecular formula is C16H32N2. The summed E-state index contributed by atoms with van der Waals surface area (Å²) in [5, 5.41) is 3.95. The second kappa shape index (κ2) is 6.38. The Hall–Kier alpha value is -0.0800. The zero-order valence-corrected chi connectivity index (χ0v) is 12.8. The highest BCUT2D eigenvalue weighted by Gasteiger charge is 2.28. The van der Waals surface area contributed by atoms with Gasteiger partial charge in [0.1, 0.15) is 0 Å². The van der Waals surface area contributed by atoms with E-state index in [1.54, 1.807) is 0 Å². The first-order valence-electron chi connectivity index (χ1n) is 7.99. The Labute approximate surface area is 114 Å². The fourth-order valence-corrected chi connectivity index (χ4v) is 4.12. The van der Waals surface area contributed by atoms with Gasteiger partial charge < -0.3 is 10.2 Å². The molecule has 0 aromatic heterocycles. The molecule has 106 valence electrons. The Morgan fingerprint density at radius 3 is 2.11 bits per heavy atom. The maximum atomic E-state index is 3.95. The van der Waals surface area contributed by atoms with Gasteiger partial charge in [-0.1, -0.05) is 13.8 Å². The summed E-state index contributed by atoms with van der Waals surface area (Å²) in [5.41, 5.74) is 0. The molecule has 2 nitrogen and oxygen atoms in total. The number of rotatable bonds is 3. The summed E-state index contributed by atoms with van der Waals surface area (Å²) >= 11 is 0. The normalized spacial score (nSPS) is 37.7. The van der Waals surface area contributed by atoms with Crippen LogP contribution in [0.3, 0.4) is 0 Å². The number of hydrogen-bond donors (Lipinski definition) is 1. The fourth-order valence-electron chi connectivity index (χ4n) is 4.12. The molecule has 0 aromatic carbocycles. The molecule has 2 heteroatoms. The molecule has 3 atom stereocenters. The molecule has 0 radical (unpaired) electrons. The van der Waals surface area contributed by atoms with Crippen molar-refractivity contribution in [3.8, 4) is 0 Å². The molecule has 2 aliphatic rings. The molecular weight excluding hydrogens is 220 g/mol. The van der Waals surface area contributed by atoms with Crippen molar-refractivity contribution in [1.29, 1.82) is 0 Å². The SMILES string of the molecule is CC1CC(C)CC(NC(C)C2CCN(C)CC2)C1. The minimum absolute atomic E-state index is 0.709. The molecule has 1 N–H and O–H groups in total. The summed E-state index contributed by atoms with van der Waals surface area (Å²) in [6.07, 6.45) is 6.97. The first-order valence-corrected chi connectivity index (χ1v) is 7.99. The van der Waals surface area contributed by atoms with Gasteiger partial charge in [0.05, 0.1) is 0 Å². The molecule has 1 aliphatic heterocycles. The van der Waals surface area contributed by atoms with Crippen LogP contribution in [0, 0.1) is 17.8 Å². The van der Waals surface area contributed by atoms with E-state index in [1.165, 1.54) is 45.2 Å². The molecule has 1 saturated heterocycles. The van der Waals surface area contributed by atoms with Crippen molar-refractivity contribution in [2.45, 2.75) is 65.0 Å². The number of hydrogen-bond acceptors (Lipinski definition) is 2. The van der Waals surface area contributed by atoms with Crippen molar-refractivity contribution in [3.05, 3.63) is 0 Å². The topological polar surface area (TPSA) is 15.3 Å². The lowest BCUT2D eigenvalue weighted by Gasteiger charge is -2.38. The molecule has 2 fully saturated rings. The molecule has 0 amide bonds. The van der Waals surface area contributed by atoms with Crippen LogP contribution in [0.25, 0.3) is 0 Å². The molecule has 1 saturated carbocycles. The standard InChI is InChI=1S/C16H32N2/c1-12-9-13(2)11-16(10-12)17-14(3)15-5-7-18(4)8-6-15/h12-17H,5-11H2,1-4H3. The fraction of sp³-hybridized carbons (Fsp3) is 1.00. The van der Waals surface area contributed by atoms with Crippen molar-refractivity contribution in [2.75, 3.05) is 20.1 Å². The second-order valence-corrected chi connectivity index (χ2v) is 7.21. The van der Waals surface area contributed by atoms with Crippen molar-refractivity contribution in [3.63, 3.8) is 0 Å². The van der Waals surface area contributed by atoms with Gasteiger partial charge in [0, 0.05) is 12.1 Å². The molecule has 3 unspecified atom stereocenters. The predicted octanol–water partition coefficient (Wildman–Crippen LogP) is 3.13. The first kappa shape index (κ1) is 14.3. The smallest absolute Gasteiger partial charge is 0.00747 e. The van der Waals surface area contributed by atoms with E-state index in [0.29, 0.717) is 6.04 Å². The average molecular weight is 252 g/mol. The number of likely N-dealkylation sites (tertiary alicyclic amines) is 1. The van der Waals surface area contributed by atoms with E-state index in [0.717, 1.165) is 23.8 Å².